The topological polar surface area (TPSA) is 3.24 Å². The summed E-state index contributed by atoms with van der Waals surface area (Å²) in [7, 11) is 0. The van der Waals surface area contributed by atoms with Crippen LogP contribution < -0.4 is 4.90 Å². The fourth-order valence-corrected chi connectivity index (χ4v) is 9.21. The van der Waals surface area contributed by atoms with E-state index in [1.165, 1.54) is 72.3 Å². The molecule has 56 heavy (non-hydrogen) atoms. The fourth-order valence-electron chi connectivity index (χ4n) is 9.21. The van der Waals surface area contributed by atoms with Crippen LogP contribution in [0.2, 0.25) is 0 Å². The van der Waals surface area contributed by atoms with Gasteiger partial charge >= 0.3 is 0 Å². The maximum atomic E-state index is 2.55. The number of fused-ring (bicyclic) bond motifs is 10. The van der Waals surface area contributed by atoms with Crippen molar-refractivity contribution < 1.29 is 0 Å². The van der Waals surface area contributed by atoms with Gasteiger partial charge in [0.15, 0.2) is 0 Å². The van der Waals surface area contributed by atoms with Crippen molar-refractivity contribution in [3.05, 3.63) is 197 Å². The van der Waals surface area contributed by atoms with Gasteiger partial charge < -0.3 is 4.90 Å². The monoisotopic (exact) mass is 727 g/mol. The summed E-state index contributed by atoms with van der Waals surface area (Å²) >= 11 is 0. The maximum absolute atomic E-state index is 2.55. The summed E-state index contributed by atoms with van der Waals surface area (Å²) in [6.07, 6.45) is 0. The second-order valence-electron chi connectivity index (χ2n) is 19.1. The van der Waals surface area contributed by atoms with E-state index in [0.717, 1.165) is 17.1 Å². The van der Waals surface area contributed by atoms with Gasteiger partial charge in [-0.05, 0) is 125 Å². The summed E-state index contributed by atoms with van der Waals surface area (Å²) in [5.74, 6) is 0. The highest BCUT2D eigenvalue weighted by Gasteiger charge is 2.53. The first kappa shape index (κ1) is 36.0. The fraction of sp³-hybridized carbons (Fsp3) is 0.236. The van der Waals surface area contributed by atoms with Gasteiger partial charge in [0.25, 0.3) is 0 Å². The molecule has 0 saturated carbocycles. The summed E-state index contributed by atoms with van der Waals surface area (Å²) in [5.41, 5.74) is 20.3. The molecule has 0 radical (unpaired) electrons. The molecule has 2 aliphatic carbocycles. The standard InChI is InChI=1S/C55H53N/c1-52(2,3)38-22-28-44-45-29-23-39(53(4,5)6)33-49(45)55(48(44)32-38)50-34-40(54(7,8)9)24-30-46(50)47-31-27-43(35-51(47)55)56(41-18-14-11-15-19-41)42-25-20-37(21-26-42)36-16-12-10-13-17-36/h10-35H,1-9H3. The zero-order valence-electron chi connectivity index (χ0n) is 34.5. The number of nitrogens with zero attached hydrogens (tertiary/aromatic N) is 1. The average Bonchev–Trinajstić information content (AvgIpc) is 3.64. The van der Waals surface area contributed by atoms with Crippen molar-refractivity contribution in [1.82, 2.24) is 0 Å². The Kier molecular flexibility index (Phi) is 8.16. The zero-order valence-corrected chi connectivity index (χ0v) is 34.5. The molecular weight excluding hydrogens is 675 g/mol. The first-order valence-electron chi connectivity index (χ1n) is 20.3. The van der Waals surface area contributed by atoms with Crippen molar-refractivity contribution in [1.29, 1.82) is 0 Å². The van der Waals surface area contributed by atoms with Crippen LogP contribution >= 0.6 is 0 Å². The van der Waals surface area contributed by atoms with Crippen LogP contribution in [0.4, 0.5) is 17.1 Å². The Hall–Kier alpha value is -5.66. The van der Waals surface area contributed by atoms with Crippen molar-refractivity contribution in [2.75, 3.05) is 4.90 Å². The molecule has 2 aliphatic rings. The Morgan fingerprint density at radius 3 is 1.09 bits per heavy atom. The predicted octanol–water partition coefficient (Wildman–Crippen LogP) is 15.1. The molecular formula is C55H53N. The van der Waals surface area contributed by atoms with Gasteiger partial charge in [-0.1, -0.05) is 184 Å². The SMILES string of the molecule is CC(C)(C)c1ccc2c(c1)C1(c3cc(N(c4ccccc4)c4ccc(-c5ccccc5)cc4)ccc3-2)c2cc(C(C)(C)C)ccc2-c2ccc(C(C)(C)C)cc21. The Morgan fingerprint density at radius 1 is 0.321 bits per heavy atom. The van der Waals surface area contributed by atoms with Gasteiger partial charge in [0.2, 0.25) is 0 Å². The maximum Gasteiger partial charge on any atom is 0.0726 e. The molecule has 0 fully saturated rings. The second-order valence-corrected chi connectivity index (χ2v) is 19.1. The van der Waals surface area contributed by atoms with E-state index in [1.807, 2.05) is 0 Å². The quantitative estimate of drug-likeness (QED) is 0.174. The molecule has 0 heterocycles. The van der Waals surface area contributed by atoms with E-state index in [9.17, 15) is 0 Å². The second kappa shape index (κ2) is 12.7. The van der Waals surface area contributed by atoms with E-state index in [2.05, 4.69) is 225 Å². The lowest BCUT2D eigenvalue weighted by atomic mass is 9.68. The van der Waals surface area contributed by atoms with Crippen molar-refractivity contribution in [3.63, 3.8) is 0 Å². The van der Waals surface area contributed by atoms with Crippen LogP contribution in [-0.4, -0.2) is 0 Å². The Labute approximate surface area is 334 Å². The summed E-state index contributed by atoms with van der Waals surface area (Å²) < 4.78 is 0. The van der Waals surface area contributed by atoms with Gasteiger partial charge in [-0.2, -0.15) is 0 Å². The third kappa shape index (κ3) is 5.66. The van der Waals surface area contributed by atoms with Crippen molar-refractivity contribution in [3.8, 4) is 33.4 Å². The Bertz CT molecular complexity index is 2500. The molecule has 0 bridgehead atoms. The minimum Gasteiger partial charge on any atom is -0.310 e. The van der Waals surface area contributed by atoms with Crippen LogP contribution in [0.5, 0.6) is 0 Å². The lowest BCUT2D eigenvalue weighted by Gasteiger charge is -2.34. The van der Waals surface area contributed by atoms with Crippen LogP contribution in [-0.2, 0) is 21.7 Å². The molecule has 7 aromatic rings. The van der Waals surface area contributed by atoms with E-state index in [1.54, 1.807) is 0 Å². The molecule has 1 spiro atoms. The Balaban J connectivity index is 1.35. The third-order valence-electron chi connectivity index (χ3n) is 12.4. The predicted molar refractivity (Wildman–Crippen MR) is 239 cm³/mol. The minimum absolute atomic E-state index is 0.00302. The lowest BCUT2D eigenvalue weighted by Crippen LogP contribution is -2.28. The van der Waals surface area contributed by atoms with Crippen LogP contribution in [0.1, 0.15) is 101 Å². The average molecular weight is 728 g/mol. The number of para-hydroxylation sites is 1. The molecule has 0 amide bonds. The number of anilines is 3. The molecule has 278 valence electrons. The summed E-state index contributed by atoms with van der Waals surface area (Å²) in [5, 5.41) is 0. The Morgan fingerprint density at radius 2 is 0.661 bits per heavy atom. The largest absolute Gasteiger partial charge is 0.310 e. The molecule has 0 aliphatic heterocycles. The number of hydrogen-bond donors (Lipinski definition) is 0. The zero-order chi connectivity index (χ0) is 39.2. The first-order valence-corrected chi connectivity index (χ1v) is 20.3. The van der Waals surface area contributed by atoms with Crippen LogP contribution in [0, 0.1) is 0 Å². The molecule has 0 unspecified atom stereocenters. The molecule has 9 rings (SSSR count). The van der Waals surface area contributed by atoms with Gasteiger partial charge in [-0.3, -0.25) is 0 Å². The molecule has 0 N–H and O–H groups in total. The lowest BCUT2D eigenvalue weighted by molar-refractivity contribution is 0.584. The highest BCUT2D eigenvalue weighted by Crippen LogP contribution is 2.64. The van der Waals surface area contributed by atoms with Gasteiger partial charge in [0.05, 0.1) is 5.41 Å². The molecule has 0 saturated heterocycles. The molecule has 0 atom stereocenters. The highest BCUT2D eigenvalue weighted by atomic mass is 15.1. The van der Waals surface area contributed by atoms with E-state index in [0.29, 0.717) is 0 Å². The molecule has 1 nitrogen and oxygen atoms in total. The molecule has 7 aromatic carbocycles. The number of hydrogen-bond acceptors (Lipinski definition) is 1. The van der Waals surface area contributed by atoms with Gasteiger partial charge in [-0.15, -0.1) is 0 Å². The van der Waals surface area contributed by atoms with Crippen molar-refractivity contribution in [2.45, 2.75) is 84.0 Å². The minimum atomic E-state index is -0.491. The van der Waals surface area contributed by atoms with E-state index < -0.39 is 5.41 Å². The normalized spacial score (nSPS) is 13.9. The summed E-state index contributed by atoms with van der Waals surface area (Å²) in [6, 6.07) is 59.8. The number of benzene rings is 7. The van der Waals surface area contributed by atoms with Crippen molar-refractivity contribution in [2.24, 2.45) is 0 Å². The molecule has 0 aromatic heterocycles. The van der Waals surface area contributed by atoms with Crippen LogP contribution in [0.25, 0.3) is 33.4 Å². The molecule has 1 heteroatoms. The van der Waals surface area contributed by atoms with Crippen molar-refractivity contribution >= 4 is 17.1 Å². The van der Waals surface area contributed by atoms with Crippen LogP contribution in [0.15, 0.2) is 158 Å². The van der Waals surface area contributed by atoms with Crippen LogP contribution in [0.3, 0.4) is 0 Å². The van der Waals surface area contributed by atoms with Gasteiger partial charge in [0.1, 0.15) is 0 Å². The summed E-state index contributed by atoms with van der Waals surface area (Å²) in [4.78, 5) is 2.43. The van der Waals surface area contributed by atoms with Gasteiger partial charge in [-0.25, -0.2) is 0 Å². The third-order valence-corrected chi connectivity index (χ3v) is 12.4. The summed E-state index contributed by atoms with van der Waals surface area (Å²) in [6.45, 7) is 21.1. The first-order chi connectivity index (χ1) is 26.7. The highest BCUT2D eigenvalue weighted by molar-refractivity contribution is 5.97. The van der Waals surface area contributed by atoms with Gasteiger partial charge in [0, 0.05) is 17.1 Å². The van der Waals surface area contributed by atoms with E-state index in [-0.39, 0.29) is 16.2 Å². The number of rotatable bonds is 4. The van der Waals surface area contributed by atoms with E-state index in [4.69, 9.17) is 0 Å². The van der Waals surface area contributed by atoms with E-state index >= 15 is 0 Å². The smallest absolute Gasteiger partial charge is 0.0726 e.